The highest BCUT2D eigenvalue weighted by Gasteiger charge is 2.12. The van der Waals surface area contributed by atoms with Gasteiger partial charge in [-0.15, -0.1) is 4.83 Å². The topological polar surface area (TPSA) is 93.7 Å². The third-order valence-electron chi connectivity index (χ3n) is 3.16. The molecule has 7 nitrogen and oxygen atoms in total. The minimum Gasteiger partial charge on any atom is -0.497 e. The summed E-state index contributed by atoms with van der Waals surface area (Å²) < 4.78 is 34.0. The Balaban J connectivity index is 2.05. The van der Waals surface area contributed by atoms with E-state index in [1.807, 2.05) is 10.9 Å². The lowest BCUT2D eigenvalue weighted by molar-refractivity contribution is 0.0944. The molecule has 2 aromatic rings. The fourth-order valence-electron chi connectivity index (χ4n) is 1.89. The molecule has 0 aromatic heterocycles. The minimum atomic E-state index is -3.84. The Labute approximate surface area is 146 Å². The Hall–Kier alpha value is -2.84. The second-order valence-corrected chi connectivity index (χ2v) is 6.48. The van der Waals surface area contributed by atoms with Gasteiger partial charge in [0.05, 0.1) is 14.2 Å². The maximum atomic E-state index is 12.1. The van der Waals surface area contributed by atoms with Crippen LogP contribution < -0.4 is 19.7 Å². The van der Waals surface area contributed by atoms with Gasteiger partial charge < -0.3 is 9.47 Å². The number of carbonyl (C=O) groups excluding carboxylic acids is 1. The molecular formula is C17H18N2O5S. The summed E-state index contributed by atoms with van der Waals surface area (Å²) >= 11 is 0. The van der Waals surface area contributed by atoms with Crippen molar-refractivity contribution in [3.8, 4) is 11.5 Å². The van der Waals surface area contributed by atoms with Crippen LogP contribution in [0.25, 0.3) is 6.08 Å². The Kier molecular flexibility index (Phi) is 6.15. The van der Waals surface area contributed by atoms with Gasteiger partial charge in [0, 0.05) is 17.0 Å². The molecule has 1 amide bonds. The van der Waals surface area contributed by atoms with Crippen LogP contribution >= 0.6 is 0 Å². The summed E-state index contributed by atoms with van der Waals surface area (Å²) in [5.74, 6) is 0.182. The molecule has 132 valence electrons. The van der Waals surface area contributed by atoms with Gasteiger partial charge in [-0.2, -0.15) is 0 Å². The first kappa shape index (κ1) is 18.5. The van der Waals surface area contributed by atoms with Crippen LogP contribution in [0.5, 0.6) is 11.5 Å². The van der Waals surface area contributed by atoms with Crippen molar-refractivity contribution >= 4 is 22.0 Å². The minimum absolute atomic E-state index is 0.186. The van der Waals surface area contributed by atoms with Crippen molar-refractivity contribution in [1.82, 2.24) is 10.3 Å². The molecule has 0 aliphatic carbocycles. The van der Waals surface area contributed by atoms with Gasteiger partial charge in [-0.1, -0.05) is 30.3 Å². The number of amides is 1. The first-order valence-corrected chi connectivity index (χ1v) is 8.76. The molecule has 0 spiro atoms. The lowest BCUT2D eigenvalue weighted by Crippen LogP contribution is -2.40. The number of hydrogen-bond acceptors (Lipinski definition) is 5. The van der Waals surface area contributed by atoms with Gasteiger partial charge in [0.1, 0.15) is 11.5 Å². The largest absolute Gasteiger partial charge is 0.497 e. The summed E-state index contributed by atoms with van der Waals surface area (Å²) in [5.41, 5.74) is 3.04. The number of rotatable bonds is 7. The third kappa shape index (κ3) is 5.63. The molecule has 0 radical (unpaired) electrons. The number of benzene rings is 2. The van der Waals surface area contributed by atoms with Crippen LogP contribution in [0, 0.1) is 0 Å². The van der Waals surface area contributed by atoms with Gasteiger partial charge in [-0.25, -0.2) is 8.42 Å². The molecule has 2 aromatic carbocycles. The molecule has 0 heterocycles. The van der Waals surface area contributed by atoms with Crippen molar-refractivity contribution in [2.24, 2.45) is 0 Å². The molecule has 0 unspecified atom stereocenters. The van der Waals surface area contributed by atoms with E-state index in [0.29, 0.717) is 11.5 Å². The third-order valence-corrected chi connectivity index (χ3v) is 4.04. The van der Waals surface area contributed by atoms with Crippen LogP contribution in [-0.2, 0) is 10.0 Å². The van der Waals surface area contributed by atoms with Gasteiger partial charge in [0.15, 0.2) is 0 Å². The lowest BCUT2D eigenvalue weighted by Gasteiger charge is -2.09. The summed E-state index contributed by atoms with van der Waals surface area (Å²) in [6.45, 7) is 0. The van der Waals surface area contributed by atoms with E-state index >= 15 is 0 Å². The van der Waals surface area contributed by atoms with Crippen LogP contribution in [0.2, 0.25) is 0 Å². The second-order valence-electron chi connectivity index (χ2n) is 4.92. The quantitative estimate of drug-likeness (QED) is 0.734. The Morgan fingerprint density at radius 2 is 1.60 bits per heavy atom. The highest BCUT2D eigenvalue weighted by atomic mass is 32.2. The van der Waals surface area contributed by atoms with E-state index in [2.05, 4.69) is 5.43 Å². The molecule has 0 bridgehead atoms. The molecule has 2 N–H and O–H groups in total. The summed E-state index contributed by atoms with van der Waals surface area (Å²) in [5, 5.41) is 0.967. The lowest BCUT2D eigenvalue weighted by atomic mass is 10.2. The fraction of sp³-hybridized carbons (Fsp3) is 0.118. The Morgan fingerprint density at radius 3 is 2.16 bits per heavy atom. The summed E-state index contributed by atoms with van der Waals surface area (Å²) in [4.78, 5) is 14.1. The Bertz CT molecular complexity index is 842. The van der Waals surface area contributed by atoms with E-state index in [9.17, 15) is 13.2 Å². The van der Waals surface area contributed by atoms with Crippen LogP contribution in [0.4, 0.5) is 0 Å². The maximum Gasteiger partial charge on any atom is 0.266 e. The van der Waals surface area contributed by atoms with Gasteiger partial charge in [-0.05, 0) is 23.8 Å². The van der Waals surface area contributed by atoms with Crippen molar-refractivity contribution in [3.05, 3.63) is 65.1 Å². The molecule has 0 atom stereocenters. The number of hydrogen-bond donors (Lipinski definition) is 2. The van der Waals surface area contributed by atoms with Crippen LogP contribution in [0.15, 0.2) is 53.9 Å². The highest BCUT2D eigenvalue weighted by molar-refractivity contribution is 7.92. The zero-order valence-corrected chi connectivity index (χ0v) is 14.5. The molecule has 8 heteroatoms. The molecule has 0 aliphatic heterocycles. The molecule has 25 heavy (non-hydrogen) atoms. The van der Waals surface area contributed by atoms with Gasteiger partial charge >= 0.3 is 0 Å². The van der Waals surface area contributed by atoms with E-state index in [-0.39, 0.29) is 5.56 Å². The van der Waals surface area contributed by atoms with Crippen molar-refractivity contribution in [2.45, 2.75) is 0 Å². The molecule has 0 saturated carbocycles. The molecule has 0 saturated heterocycles. The van der Waals surface area contributed by atoms with Crippen molar-refractivity contribution in [3.63, 3.8) is 0 Å². The van der Waals surface area contributed by atoms with Gasteiger partial charge in [0.2, 0.25) is 0 Å². The van der Waals surface area contributed by atoms with Crippen molar-refractivity contribution in [2.75, 3.05) is 14.2 Å². The number of sulfonamides is 1. The summed E-state index contributed by atoms with van der Waals surface area (Å²) in [6.07, 6.45) is 1.42. The van der Waals surface area contributed by atoms with E-state index in [4.69, 9.17) is 9.47 Å². The fourth-order valence-corrected chi connectivity index (χ4v) is 2.53. The summed E-state index contributed by atoms with van der Waals surface area (Å²) in [6, 6.07) is 13.4. The SMILES string of the molecule is COc1cc(OC)cc(C(=O)NNS(=O)(=O)/C=C\c2ccccc2)c1. The highest BCUT2D eigenvalue weighted by Crippen LogP contribution is 2.22. The van der Waals surface area contributed by atoms with E-state index in [1.165, 1.54) is 32.4 Å². The van der Waals surface area contributed by atoms with E-state index in [1.54, 1.807) is 30.3 Å². The number of ether oxygens (including phenoxy) is 2. The van der Waals surface area contributed by atoms with Crippen molar-refractivity contribution < 1.29 is 22.7 Å². The normalized spacial score (nSPS) is 11.3. The van der Waals surface area contributed by atoms with E-state index < -0.39 is 15.9 Å². The zero-order chi connectivity index (χ0) is 18.3. The van der Waals surface area contributed by atoms with Gasteiger partial charge in [0.25, 0.3) is 15.9 Å². The average molecular weight is 362 g/mol. The number of nitrogens with one attached hydrogen (secondary N) is 2. The zero-order valence-electron chi connectivity index (χ0n) is 13.7. The smallest absolute Gasteiger partial charge is 0.266 e. The second kappa shape index (κ2) is 8.32. The predicted molar refractivity (Wildman–Crippen MR) is 94.5 cm³/mol. The van der Waals surface area contributed by atoms with Crippen LogP contribution in [0.1, 0.15) is 15.9 Å². The predicted octanol–water partition coefficient (Wildman–Crippen LogP) is 1.94. The maximum absolute atomic E-state index is 12.1. The van der Waals surface area contributed by atoms with Gasteiger partial charge in [-0.3, -0.25) is 10.2 Å². The first-order valence-electron chi connectivity index (χ1n) is 7.22. The molecular weight excluding hydrogens is 344 g/mol. The summed E-state index contributed by atoms with van der Waals surface area (Å²) in [7, 11) is -0.935. The van der Waals surface area contributed by atoms with Crippen LogP contribution in [-0.4, -0.2) is 28.5 Å². The van der Waals surface area contributed by atoms with E-state index in [0.717, 1.165) is 11.0 Å². The first-order chi connectivity index (χ1) is 11.9. The standard InChI is InChI=1S/C17H18N2O5S/c1-23-15-10-14(11-16(12-15)24-2)17(20)18-19-25(21,22)9-8-13-6-4-3-5-7-13/h3-12,19H,1-2H3,(H,18,20)/b9-8-. The molecule has 2 rings (SSSR count). The Morgan fingerprint density at radius 1 is 1.00 bits per heavy atom. The number of methoxy groups -OCH3 is 2. The molecule has 0 aliphatic rings. The van der Waals surface area contributed by atoms with Crippen molar-refractivity contribution in [1.29, 1.82) is 0 Å². The average Bonchev–Trinajstić information content (AvgIpc) is 2.65. The number of carbonyl (C=O) groups is 1. The van der Waals surface area contributed by atoms with Crippen LogP contribution in [0.3, 0.4) is 0 Å². The molecule has 0 fully saturated rings. The number of hydrazine groups is 1. The monoisotopic (exact) mass is 362 g/mol.